The standard InChI is InChI=1S/C45H48F3N7O6/c1-27(2)53(31-21-33(22-31)61-32-11-12-34-35(24-32)43(59)55(42(34)58)39-13-14-40(56)50-41(39)57)26-28-15-19-51(20-16-28)17-5-6-18-52-37-7-3-4-8-38(37)54(44(52)60)30-10-9-29(25-49)36(23-30)45(46,47)48/h3-4,7-12,23-24,27-28,31,33,39H,5-6,13-22,26H2,1-2H3,(H,50,56,57). The number of aryl methyl sites for hydroxylation is 1. The Bertz CT molecular complexity index is 2470. The lowest BCUT2D eigenvalue weighted by atomic mass is 9.85. The van der Waals surface area contributed by atoms with E-state index < -0.39 is 52.7 Å². The van der Waals surface area contributed by atoms with Gasteiger partial charge in [-0.15, -0.1) is 0 Å². The minimum atomic E-state index is -4.74. The smallest absolute Gasteiger partial charge is 0.417 e. The number of hydrogen-bond donors (Lipinski definition) is 1. The molecule has 3 aromatic carbocycles. The van der Waals surface area contributed by atoms with Crippen molar-refractivity contribution < 1.29 is 37.1 Å². The van der Waals surface area contributed by atoms with Crippen molar-refractivity contribution in [3.8, 4) is 17.5 Å². The van der Waals surface area contributed by atoms with E-state index in [9.17, 15) is 42.4 Å². The van der Waals surface area contributed by atoms with Crippen molar-refractivity contribution in [1.29, 1.82) is 5.26 Å². The van der Waals surface area contributed by atoms with Gasteiger partial charge in [0, 0.05) is 44.4 Å². The van der Waals surface area contributed by atoms with E-state index >= 15 is 0 Å². The number of nitriles is 1. The molecule has 13 nitrogen and oxygen atoms in total. The van der Waals surface area contributed by atoms with Crippen LogP contribution in [0.5, 0.6) is 5.75 Å². The monoisotopic (exact) mass is 839 g/mol. The number of aromatic nitrogens is 2. The number of unbranched alkanes of at least 4 members (excludes halogenated alkanes) is 1. The van der Waals surface area contributed by atoms with Crippen LogP contribution in [-0.2, 0) is 22.3 Å². The zero-order chi connectivity index (χ0) is 43.2. The van der Waals surface area contributed by atoms with E-state index in [0.717, 1.165) is 81.7 Å². The summed E-state index contributed by atoms with van der Waals surface area (Å²) in [6.45, 7) is 8.69. The maximum Gasteiger partial charge on any atom is 0.417 e. The number of imidazole rings is 1. The first-order chi connectivity index (χ1) is 29.2. The molecule has 1 saturated carbocycles. The lowest BCUT2D eigenvalue weighted by Crippen LogP contribution is -2.54. The molecular formula is C45H48F3N7O6. The topological polar surface area (TPSA) is 150 Å². The molecule has 1 atom stereocenters. The van der Waals surface area contributed by atoms with Crippen molar-refractivity contribution >= 4 is 34.7 Å². The highest BCUT2D eigenvalue weighted by molar-refractivity contribution is 6.23. The maximum atomic E-state index is 13.8. The number of nitrogens with one attached hydrogen (secondary N) is 1. The molecule has 1 unspecified atom stereocenters. The Morgan fingerprint density at radius 3 is 2.28 bits per heavy atom. The normalized spacial score (nSPS) is 21.3. The first-order valence-electron chi connectivity index (χ1n) is 21.0. The highest BCUT2D eigenvalue weighted by Crippen LogP contribution is 2.36. The van der Waals surface area contributed by atoms with Crippen LogP contribution in [0, 0.1) is 17.2 Å². The minimum absolute atomic E-state index is 0.0322. The van der Waals surface area contributed by atoms with Crippen molar-refractivity contribution in [1.82, 2.24) is 29.2 Å². The number of piperidine rings is 2. The van der Waals surface area contributed by atoms with Crippen LogP contribution in [0.1, 0.15) is 97.1 Å². The van der Waals surface area contributed by atoms with Gasteiger partial charge in [-0.1, -0.05) is 12.1 Å². The molecule has 2 saturated heterocycles. The van der Waals surface area contributed by atoms with Gasteiger partial charge in [0.05, 0.1) is 45.0 Å². The molecule has 4 aromatic rings. The molecule has 61 heavy (non-hydrogen) atoms. The van der Waals surface area contributed by atoms with E-state index in [-0.39, 0.29) is 35.8 Å². The fourth-order valence-electron chi connectivity index (χ4n) is 9.38. The molecule has 4 aliphatic rings. The Labute approximate surface area is 350 Å². The molecule has 0 radical (unpaired) electrons. The third kappa shape index (κ3) is 8.33. The number of rotatable bonds is 13. The molecule has 1 aliphatic carbocycles. The largest absolute Gasteiger partial charge is 0.490 e. The van der Waals surface area contributed by atoms with Crippen molar-refractivity contribution in [2.45, 2.75) is 102 Å². The van der Waals surface area contributed by atoms with Crippen molar-refractivity contribution in [3.63, 3.8) is 0 Å². The first-order valence-corrected chi connectivity index (χ1v) is 21.0. The van der Waals surface area contributed by atoms with Gasteiger partial charge in [-0.2, -0.15) is 18.4 Å². The summed E-state index contributed by atoms with van der Waals surface area (Å²) in [5, 5.41) is 11.5. The molecule has 16 heteroatoms. The van der Waals surface area contributed by atoms with Crippen LogP contribution in [-0.4, -0.2) is 97.9 Å². The third-order valence-corrected chi connectivity index (χ3v) is 12.7. The second kappa shape index (κ2) is 16.9. The van der Waals surface area contributed by atoms with Crippen LogP contribution in [0.15, 0.2) is 65.5 Å². The number of benzene rings is 3. The number of likely N-dealkylation sites (tertiary alicyclic amines) is 1. The highest BCUT2D eigenvalue weighted by Gasteiger charge is 2.45. The van der Waals surface area contributed by atoms with Gasteiger partial charge in [0.15, 0.2) is 0 Å². The predicted octanol–water partition coefficient (Wildman–Crippen LogP) is 5.90. The lowest BCUT2D eigenvalue weighted by molar-refractivity contribution is -0.138. The van der Waals surface area contributed by atoms with Gasteiger partial charge in [-0.3, -0.25) is 43.4 Å². The number of para-hydroxylation sites is 2. The molecule has 3 fully saturated rings. The van der Waals surface area contributed by atoms with E-state index in [1.54, 1.807) is 53.1 Å². The Hall–Kier alpha value is -5.79. The average molecular weight is 840 g/mol. The number of ether oxygens (including phenoxy) is 1. The van der Waals surface area contributed by atoms with Crippen LogP contribution < -0.4 is 15.7 Å². The Balaban J connectivity index is 0.801. The number of nitrogens with zero attached hydrogens (tertiary/aromatic N) is 6. The summed E-state index contributed by atoms with van der Waals surface area (Å²) in [5.74, 6) is -1.11. The number of carbonyl (C=O) groups is 4. The number of carbonyl (C=O) groups excluding carboxylic acids is 4. The Morgan fingerprint density at radius 2 is 1.59 bits per heavy atom. The second-order valence-corrected chi connectivity index (χ2v) is 16.9. The first kappa shape index (κ1) is 41.9. The zero-order valence-corrected chi connectivity index (χ0v) is 34.1. The molecule has 0 spiro atoms. The summed E-state index contributed by atoms with van der Waals surface area (Å²) in [4.78, 5) is 70.1. The molecule has 3 aliphatic heterocycles. The SMILES string of the molecule is CC(C)N(CC1CCN(CCCCn2c(=O)n(-c3ccc(C#N)c(C(F)(F)F)c3)c3ccccc32)CC1)C1CC(Oc2ccc3c(c2)C(=O)N(C2CCC(=O)NC2=O)C3=O)C1. The summed E-state index contributed by atoms with van der Waals surface area (Å²) in [7, 11) is 0. The number of amides is 4. The minimum Gasteiger partial charge on any atom is -0.490 e. The number of halogens is 3. The highest BCUT2D eigenvalue weighted by atomic mass is 19.4. The van der Waals surface area contributed by atoms with E-state index in [4.69, 9.17) is 4.74 Å². The molecule has 1 aromatic heterocycles. The van der Waals surface area contributed by atoms with E-state index in [2.05, 4.69) is 29.0 Å². The van der Waals surface area contributed by atoms with Gasteiger partial charge in [-0.05, 0) is 120 Å². The van der Waals surface area contributed by atoms with Crippen molar-refractivity contribution in [3.05, 3.63) is 93.4 Å². The summed E-state index contributed by atoms with van der Waals surface area (Å²) in [6, 6.07) is 16.6. The fourth-order valence-corrected chi connectivity index (χ4v) is 9.38. The molecule has 1 N–H and O–H groups in total. The molecule has 8 rings (SSSR count). The zero-order valence-electron chi connectivity index (χ0n) is 34.1. The number of fused-ring (bicyclic) bond motifs is 2. The van der Waals surface area contributed by atoms with Crippen molar-refractivity contribution in [2.75, 3.05) is 26.2 Å². The summed E-state index contributed by atoms with van der Waals surface area (Å²) in [6.07, 6.45) is 0.805. The van der Waals surface area contributed by atoms with Gasteiger partial charge in [0.2, 0.25) is 11.8 Å². The van der Waals surface area contributed by atoms with Crippen LogP contribution in [0.4, 0.5) is 13.2 Å². The van der Waals surface area contributed by atoms with E-state index in [1.807, 2.05) is 0 Å². The fraction of sp³-hybridized carbons (Fsp3) is 0.467. The lowest BCUT2D eigenvalue weighted by Gasteiger charge is -2.46. The van der Waals surface area contributed by atoms with Crippen LogP contribution in [0.2, 0.25) is 0 Å². The van der Waals surface area contributed by atoms with Gasteiger partial charge in [0.25, 0.3) is 11.8 Å². The second-order valence-electron chi connectivity index (χ2n) is 16.9. The predicted molar refractivity (Wildman–Crippen MR) is 218 cm³/mol. The maximum absolute atomic E-state index is 13.8. The Kier molecular flexibility index (Phi) is 11.6. The van der Waals surface area contributed by atoms with Crippen molar-refractivity contribution in [2.24, 2.45) is 5.92 Å². The van der Waals surface area contributed by atoms with Gasteiger partial charge >= 0.3 is 11.9 Å². The van der Waals surface area contributed by atoms with E-state index in [1.165, 1.54) is 10.6 Å². The quantitative estimate of drug-likeness (QED) is 0.128. The number of alkyl halides is 3. The molecule has 4 amide bonds. The average Bonchev–Trinajstić information content (AvgIpc) is 3.64. The van der Waals surface area contributed by atoms with Crippen LogP contribution >= 0.6 is 0 Å². The Morgan fingerprint density at radius 1 is 0.885 bits per heavy atom. The van der Waals surface area contributed by atoms with Crippen LogP contribution in [0.3, 0.4) is 0 Å². The number of hydrogen-bond acceptors (Lipinski definition) is 9. The summed E-state index contributed by atoms with van der Waals surface area (Å²) in [5.41, 5.74) is -0.356. The third-order valence-electron chi connectivity index (χ3n) is 12.7. The molecule has 0 bridgehead atoms. The van der Waals surface area contributed by atoms with E-state index in [0.29, 0.717) is 41.3 Å². The van der Waals surface area contributed by atoms with Gasteiger partial charge in [-0.25, -0.2) is 4.79 Å². The molecular weight excluding hydrogens is 792 g/mol. The van der Waals surface area contributed by atoms with Crippen LogP contribution in [0.25, 0.3) is 16.7 Å². The summed E-state index contributed by atoms with van der Waals surface area (Å²) < 4.78 is 50.5. The van der Waals surface area contributed by atoms with Gasteiger partial charge < -0.3 is 9.64 Å². The molecule has 4 heterocycles. The van der Waals surface area contributed by atoms with Gasteiger partial charge in [0.1, 0.15) is 17.9 Å². The summed E-state index contributed by atoms with van der Waals surface area (Å²) >= 11 is 0. The molecule has 320 valence electrons. The number of imide groups is 2.